The van der Waals surface area contributed by atoms with Crippen LogP contribution in [0.4, 0.5) is 5.69 Å². The third kappa shape index (κ3) is 3.18. The van der Waals surface area contributed by atoms with E-state index in [-0.39, 0.29) is 10.7 Å². The van der Waals surface area contributed by atoms with Crippen molar-refractivity contribution in [2.24, 2.45) is 0 Å². The topological polar surface area (TPSA) is 64.8 Å². The number of benzene rings is 1. The highest BCUT2D eigenvalue weighted by Crippen LogP contribution is 2.31. The van der Waals surface area contributed by atoms with Gasteiger partial charge in [0.1, 0.15) is 5.02 Å². The van der Waals surface area contributed by atoms with Crippen molar-refractivity contribution in [3.05, 3.63) is 38.9 Å². The Morgan fingerprint density at radius 3 is 2.86 bits per heavy atom. The largest absolute Gasteiger partial charge is 0.346 e. The van der Waals surface area contributed by atoms with Gasteiger partial charge in [0.2, 0.25) is 0 Å². The third-order valence-corrected chi connectivity index (χ3v) is 4.24. The van der Waals surface area contributed by atoms with Gasteiger partial charge < -0.3 is 9.47 Å². The Morgan fingerprint density at radius 1 is 1.38 bits per heavy atom. The normalized spacial score (nSPS) is 21.8. The van der Waals surface area contributed by atoms with Crippen LogP contribution in [0.3, 0.4) is 0 Å². The van der Waals surface area contributed by atoms with Crippen molar-refractivity contribution < 1.29 is 14.4 Å². The summed E-state index contributed by atoms with van der Waals surface area (Å²) in [7, 11) is 0. The Balaban J connectivity index is 1.71. The molecule has 0 atom stereocenters. The highest BCUT2D eigenvalue weighted by molar-refractivity contribution is 6.32. The molecule has 0 unspecified atom stereocenters. The fraction of sp³-hybridized carbons (Fsp3) is 0.571. The van der Waals surface area contributed by atoms with E-state index in [1.807, 2.05) is 6.07 Å². The first kappa shape index (κ1) is 14.7. The quantitative estimate of drug-likeness (QED) is 0.634. The molecule has 0 N–H and O–H groups in total. The van der Waals surface area contributed by atoms with Gasteiger partial charge >= 0.3 is 0 Å². The summed E-state index contributed by atoms with van der Waals surface area (Å²) in [5.74, 6) is -0.476. The molecule has 7 heteroatoms. The van der Waals surface area contributed by atoms with Gasteiger partial charge in [-0.2, -0.15) is 0 Å². The van der Waals surface area contributed by atoms with E-state index >= 15 is 0 Å². The van der Waals surface area contributed by atoms with Crippen LogP contribution in [-0.2, 0) is 16.0 Å². The van der Waals surface area contributed by atoms with Crippen LogP contribution in [-0.4, -0.2) is 41.9 Å². The highest BCUT2D eigenvalue weighted by Gasteiger charge is 2.40. The summed E-state index contributed by atoms with van der Waals surface area (Å²) in [5, 5.41) is 11.1. The van der Waals surface area contributed by atoms with Crippen molar-refractivity contribution in [1.82, 2.24) is 4.90 Å². The molecule has 1 spiro atoms. The molecule has 0 aliphatic carbocycles. The molecule has 2 fully saturated rings. The summed E-state index contributed by atoms with van der Waals surface area (Å²) in [5.41, 5.74) is 0.829. The summed E-state index contributed by atoms with van der Waals surface area (Å²) >= 11 is 5.84. The monoisotopic (exact) mass is 312 g/mol. The van der Waals surface area contributed by atoms with E-state index < -0.39 is 10.7 Å². The summed E-state index contributed by atoms with van der Waals surface area (Å²) in [4.78, 5) is 12.7. The number of rotatable bonds is 3. The van der Waals surface area contributed by atoms with Crippen molar-refractivity contribution in [3.8, 4) is 0 Å². The number of nitro groups is 1. The van der Waals surface area contributed by atoms with Crippen LogP contribution in [0.1, 0.15) is 18.4 Å². The number of nitrogens with zero attached hydrogens (tertiary/aromatic N) is 2. The SMILES string of the molecule is O=[N+]([O-])c1cc(CN2CCCC3(C2)OCCO3)ccc1Cl. The highest BCUT2D eigenvalue weighted by atomic mass is 35.5. The van der Waals surface area contributed by atoms with E-state index in [1.54, 1.807) is 12.1 Å². The first-order valence-electron chi connectivity index (χ1n) is 7.01. The predicted molar refractivity (Wildman–Crippen MR) is 77.3 cm³/mol. The first-order chi connectivity index (χ1) is 10.1. The van der Waals surface area contributed by atoms with Gasteiger partial charge in [-0.15, -0.1) is 0 Å². The molecule has 2 aliphatic heterocycles. The maximum atomic E-state index is 10.9. The van der Waals surface area contributed by atoms with Crippen LogP contribution in [0.15, 0.2) is 18.2 Å². The van der Waals surface area contributed by atoms with Crippen molar-refractivity contribution in [3.63, 3.8) is 0 Å². The van der Waals surface area contributed by atoms with Crippen LogP contribution >= 0.6 is 11.6 Å². The van der Waals surface area contributed by atoms with Crippen molar-refractivity contribution in [2.45, 2.75) is 25.2 Å². The standard InChI is InChI=1S/C14H17ClN2O4/c15-12-3-2-11(8-13(12)17(18)19)9-16-5-1-4-14(10-16)20-6-7-21-14/h2-3,8H,1,4-7,9-10H2. The van der Waals surface area contributed by atoms with E-state index in [9.17, 15) is 10.1 Å². The molecular formula is C14H17ClN2O4. The predicted octanol–water partition coefficient (Wildman–Crippen LogP) is 2.59. The fourth-order valence-electron chi connectivity index (χ4n) is 2.99. The van der Waals surface area contributed by atoms with Crippen molar-refractivity contribution in [2.75, 3.05) is 26.3 Å². The number of hydrogen-bond donors (Lipinski definition) is 0. The summed E-state index contributed by atoms with van der Waals surface area (Å²) in [6.07, 6.45) is 1.90. The van der Waals surface area contributed by atoms with E-state index in [2.05, 4.69) is 4.90 Å². The molecule has 1 aromatic carbocycles. The Bertz CT molecular complexity index is 546. The van der Waals surface area contributed by atoms with Gasteiger partial charge in [-0.1, -0.05) is 17.7 Å². The molecule has 114 valence electrons. The van der Waals surface area contributed by atoms with Gasteiger partial charge in [-0.3, -0.25) is 15.0 Å². The molecule has 3 rings (SSSR count). The lowest BCUT2D eigenvalue weighted by atomic mass is 10.0. The Labute approximate surface area is 127 Å². The van der Waals surface area contributed by atoms with E-state index in [0.717, 1.165) is 24.9 Å². The molecule has 0 aromatic heterocycles. The van der Waals surface area contributed by atoms with Gasteiger partial charge in [0.25, 0.3) is 5.69 Å². The number of hydrogen-bond acceptors (Lipinski definition) is 5. The second kappa shape index (κ2) is 5.88. The number of ether oxygens (including phenoxy) is 2. The lowest BCUT2D eigenvalue weighted by Gasteiger charge is -2.38. The minimum atomic E-state index is -0.476. The maximum absolute atomic E-state index is 10.9. The third-order valence-electron chi connectivity index (χ3n) is 3.92. The molecule has 0 saturated carbocycles. The average Bonchev–Trinajstić information content (AvgIpc) is 2.88. The zero-order valence-electron chi connectivity index (χ0n) is 11.6. The van der Waals surface area contributed by atoms with Gasteiger partial charge in [0.15, 0.2) is 5.79 Å². The minimum Gasteiger partial charge on any atom is -0.346 e. The summed E-state index contributed by atoms with van der Waals surface area (Å²) in [6, 6.07) is 4.95. The molecule has 0 bridgehead atoms. The Kier molecular flexibility index (Phi) is 4.12. The summed E-state index contributed by atoms with van der Waals surface area (Å²) in [6.45, 7) is 3.54. The van der Waals surface area contributed by atoms with E-state index in [4.69, 9.17) is 21.1 Å². The number of nitro benzene ring substituents is 1. The second-order valence-electron chi connectivity index (χ2n) is 5.46. The van der Waals surface area contributed by atoms with Crippen LogP contribution in [0.5, 0.6) is 0 Å². The zero-order valence-corrected chi connectivity index (χ0v) is 12.3. The zero-order chi connectivity index (χ0) is 14.9. The van der Waals surface area contributed by atoms with Crippen LogP contribution < -0.4 is 0 Å². The number of halogens is 1. The summed E-state index contributed by atoms with van der Waals surface area (Å²) < 4.78 is 11.5. The Hall–Kier alpha value is -1.21. The molecule has 2 heterocycles. The van der Waals surface area contributed by atoms with Crippen LogP contribution in [0, 0.1) is 10.1 Å². The molecular weight excluding hydrogens is 296 g/mol. The maximum Gasteiger partial charge on any atom is 0.288 e. The molecule has 0 amide bonds. The second-order valence-corrected chi connectivity index (χ2v) is 5.87. The number of piperidine rings is 1. The van der Waals surface area contributed by atoms with Gasteiger partial charge in [-0.25, -0.2) is 0 Å². The lowest BCUT2D eigenvalue weighted by molar-refractivity contribution is -0.384. The van der Waals surface area contributed by atoms with Gasteiger partial charge in [0, 0.05) is 19.0 Å². The van der Waals surface area contributed by atoms with Crippen molar-refractivity contribution >= 4 is 17.3 Å². The molecule has 0 radical (unpaired) electrons. The molecule has 1 aromatic rings. The van der Waals surface area contributed by atoms with Crippen LogP contribution in [0.25, 0.3) is 0 Å². The molecule has 6 nitrogen and oxygen atoms in total. The lowest BCUT2D eigenvalue weighted by Crippen LogP contribution is -2.48. The van der Waals surface area contributed by atoms with Gasteiger partial charge in [-0.05, 0) is 24.6 Å². The van der Waals surface area contributed by atoms with E-state index in [0.29, 0.717) is 26.3 Å². The smallest absolute Gasteiger partial charge is 0.288 e. The average molecular weight is 313 g/mol. The molecule has 2 aliphatic rings. The first-order valence-corrected chi connectivity index (χ1v) is 7.39. The minimum absolute atomic E-state index is 0.0470. The van der Waals surface area contributed by atoms with E-state index in [1.165, 1.54) is 0 Å². The molecule has 2 saturated heterocycles. The number of likely N-dealkylation sites (tertiary alicyclic amines) is 1. The van der Waals surface area contributed by atoms with Gasteiger partial charge in [0.05, 0.1) is 24.7 Å². The fourth-order valence-corrected chi connectivity index (χ4v) is 3.18. The molecule has 21 heavy (non-hydrogen) atoms. The van der Waals surface area contributed by atoms with Crippen LogP contribution in [0.2, 0.25) is 5.02 Å². The van der Waals surface area contributed by atoms with Crippen molar-refractivity contribution in [1.29, 1.82) is 0 Å². The Morgan fingerprint density at radius 2 is 2.14 bits per heavy atom.